The van der Waals surface area contributed by atoms with Crippen LogP contribution in [-0.2, 0) is 0 Å². The normalized spacial score (nSPS) is 10.3. The number of hydrogen-bond donors (Lipinski definition) is 3. The average Bonchev–Trinajstić information content (AvgIpc) is 2.45. The van der Waals surface area contributed by atoms with E-state index in [1.165, 1.54) is 12.4 Å². The summed E-state index contributed by atoms with van der Waals surface area (Å²) >= 11 is 0. The number of nitrogens with one attached hydrogen (secondary N) is 2. The third-order valence-electron chi connectivity index (χ3n) is 2.83. The third-order valence-corrected chi connectivity index (χ3v) is 2.83. The summed E-state index contributed by atoms with van der Waals surface area (Å²) in [5.74, 6) is 0.599. The predicted molar refractivity (Wildman–Crippen MR) is 79.5 cm³/mol. The summed E-state index contributed by atoms with van der Waals surface area (Å²) in [4.78, 5) is 8.14. The lowest BCUT2D eigenvalue weighted by atomic mass is 10.3. The molecular formula is C14H18FN5. The van der Waals surface area contributed by atoms with Crippen molar-refractivity contribution >= 4 is 23.0 Å². The highest BCUT2D eigenvalue weighted by atomic mass is 19.1. The number of para-hydroxylation sites is 1. The van der Waals surface area contributed by atoms with Gasteiger partial charge in [-0.1, -0.05) is 25.5 Å². The first-order valence-electron chi connectivity index (χ1n) is 6.58. The Morgan fingerprint density at radius 2 is 1.95 bits per heavy atom. The van der Waals surface area contributed by atoms with Crippen LogP contribution in [0.3, 0.4) is 0 Å². The molecule has 6 heteroatoms. The number of unbranched alkanes of at least 4 members (excludes halogenated alkanes) is 1. The summed E-state index contributed by atoms with van der Waals surface area (Å²) < 4.78 is 13.6. The number of anilines is 4. The molecule has 0 atom stereocenters. The summed E-state index contributed by atoms with van der Waals surface area (Å²) in [6.07, 6.45) is 3.51. The van der Waals surface area contributed by atoms with Gasteiger partial charge in [0.2, 0.25) is 0 Å². The fourth-order valence-electron chi connectivity index (χ4n) is 1.71. The highest BCUT2D eigenvalue weighted by molar-refractivity contribution is 5.77. The first-order chi connectivity index (χ1) is 9.72. The first-order valence-corrected chi connectivity index (χ1v) is 6.58. The molecule has 0 saturated carbocycles. The van der Waals surface area contributed by atoms with E-state index in [0.29, 0.717) is 23.0 Å². The fraction of sp³-hybridized carbons (Fsp3) is 0.286. The number of benzene rings is 1. The molecule has 0 bridgehead atoms. The standard InChI is InChI=1S/C14H18FN5/c1-2-3-8-17-13-12(16)14(19-9-18-13)20-11-7-5-4-6-10(11)15/h4-7,9H,2-3,8,16H2,1H3,(H2,17,18,19,20). The van der Waals surface area contributed by atoms with Crippen LogP contribution < -0.4 is 16.4 Å². The molecule has 1 heterocycles. The molecule has 20 heavy (non-hydrogen) atoms. The number of nitrogen functional groups attached to an aromatic ring is 1. The lowest BCUT2D eigenvalue weighted by Crippen LogP contribution is -2.09. The van der Waals surface area contributed by atoms with Gasteiger partial charge in [-0.2, -0.15) is 0 Å². The van der Waals surface area contributed by atoms with Crippen molar-refractivity contribution in [3.05, 3.63) is 36.4 Å². The molecule has 0 amide bonds. The maximum Gasteiger partial charge on any atom is 0.159 e. The topological polar surface area (TPSA) is 75.9 Å². The number of hydrogen-bond acceptors (Lipinski definition) is 5. The van der Waals surface area contributed by atoms with Crippen LogP contribution in [0.5, 0.6) is 0 Å². The van der Waals surface area contributed by atoms with Crippen LogP contribution >= 0.6 is 0 Å². The monoisotopic (exact) mass is 275 g/mol. The van der Waals surface area contributed by atoms with Gasteiger partial charge in [-0.05, 0) is 18.6 Å². The number of rotatable bonds is 6. The molecule has 0 aliphatic heterocycles. The van der Waals surface area contributed by atoms with Crippen molar-refractivity contribution in [1.29, 1.82) is 0 Å². The summed E-state index contributed by atoms with van der Waals surface area (Å²) in [5, 5.41) is 6.02. The minimum atomic E-state index is -0.356. The molecular weight excluding hydrogens is 257 g/mol. The van der Waals surface area contributed by atoms with Gasteiger partial charge in [0.1, 0.15) is 17.8 Å². The number of nitrogens with zero attached hydrogens (tertiary/aromatic N) is 2. The van der Waals surface area contributed by atoms with Crippen LogP contribution in [0, 0.1) is 5.82 Å². The number of halogens is 1. The minimum Gasteiger partial charge on any atom is -0.393 e. The molecule has 4 N–H and O–H groups in total. The zero-order chi connectivity index (χ0) is 14.4. The van der Waals surface area contributed by atoms with Crippen LogP contribution in [0.1, 0.15) is 19.8 Å². The van der Waals surface area contributed by atoms with Gasteiger partial charge < -0.3 is 16.4 Å². The Morgan fingerprint density at radius 3 is 2.70 bits per heavy atom. The van der Waals surface area contributed by atoms with E-state index in [-0.39, 0.29) is 5.82 Å². The van der Waals surface area contributed by atoms with Crippen molar-refractivity contribution in [2.24, 2.45) is 0 Å². The van der Waals surface area contributed by atoms with Gasteiger partial charge in [-0.3, -0.25) is 0 Å². The Morgan fingerprint density at radius 1 is 1.20 bits per heavy atom. The Hall–Kier alpha value is -2.37. The fourth-order valence-corrected chi connectivity index (χ4v) is 1.71. The lowest BCUT2D eigenvalue weighted by Gasteiger charge is -2.12. The van der Waals surface area contributed by atoms with Gasteiger partial charge in [0.25, 0.3) is 0 Å². The molecule has 0 fully saturated rings. The quantitative estimate of drug-likeness (QED) is 0.706. The minimum absolute atomic E-state index is 0.331. The average molecular weight is 275 g/mol. The van der Waals surface area contributed by atoms with Crippen molar-refractivity contribution in [2.75, 3.05) is 22.9 Å². The van der Waals surface area contributed by atoms with E-state index < -0.39 is 0 Å². The van der Waals surface area contributed by atoms with Crippen LogP contribution in [0.25, 0.3) is 0 Å². The van der Waals surface area contributed by atoms with Crippen molar-refractivity contribution in [1.82, 2.24) is 9.97 Å². The van der Waals surface area contributed by atoms with E-state index >= 15 is 0 Å². The molecule has 0 unspecified atom stereocenters. The Bertz CT molecular complexity index is 573. The molecule has 2 aromatic rings. The molecule has 0 saturated heterocycles. The SMILES string of the molecule is CCCCNc1ncnc(Nc2ccccc2F)c1N. The second kappa shape index (κ2) is 6.70. The van der Waals surface area contributed by atoms with E-state index in [1.54, 1.807) is 18.2 Å². The third kappa shape index (κ3) is 3.34. The zero-order valence-electron chi connectivity index (χ0n) is 11.4. The highest BCUT2D eigenvalue weighted by Gasteiger charge is 2.09. The van der Waals surface area contributed by atoms with Crippen LogP contribution in [-0.4, -0.2) is 16.5 Å². The first kappa shape index (κ1) is 14.0. The van der Waals surface area contributed by atoms with E-state index in [9.17, 15) is 4.39 Å². The van der Waals surface area contributed by atoms with Gasteiger partial charge in [0.05, 0.1) is 5.69 Å². The molecule has 106 valence electrons. The van der Waals surface area contributed by atoms with Gasteiger partial charge >= 0.3 is 0 Å². The Kier molecular flexibility index (Phi) is 4.70. The van der Waals surface area contributed by atoms with Crippen molar-refractivity contribution in [2.45, 2.75) is 19.8 Å². The van der Waals surface area contributed by atoms with E-state index in [4.69, 9.17) is 5.73 Å². The molecule has 0 radical (unpaired) electrons. The van der Waals surface area contributed by atoms with E-state index in [2.05, 4.69) is 27.5 Å². The number of nitrogens with two attached hydrogens (primary N) is 1. The summed E-state index contributed by atoms with van der Waals surface area (Å²) in [5.41, 5.74) is 6.70. The number of aromatic nitrogens is 2. The maximum atomic E-state index is 13.6. The van der Waals surface area contributed by atoms with Crippen LogP contribution in [0.4, 0.5) is 27.4 Å². The largest absolute Gasteiger partial charge is 0.393 e. The molecule has 0 aliphatic rings. The second-order valence-electron chi connectivity index (χ2n) is 4.37. The van der Waals surface area contributed by atoms with E-state index in [1.807, 2.05) is 0 Å². The van der Waals surface area contributed by atoms with Crippen LogP contribution in [0.15, 0.2) is 30.6 Å². The molecule has 1 aromatic carbocycles. The smallest absolute Gasteiger partial charge is 0.159 e. The van der Waals surface area contributed by atoms with Crippen LogP contribution in [0.2, 0.25) is 0 Å². The predicted octanol–water partition coefficient (Wildman–Crippen LogP) is 3.15. The van der Waals surface area contributed by atoms with Gasteiger partial charge in [-0.25, -0.2) is 14.4 Å². The zero-order valence-corrected chi connectivity index (χ0v) is 11.4. The molecule has 0 aliphatic carbocycles. The molecule has 5 nitrogen and oxygen atoms in total. The van der Waals surface area contributed by atoms with Crippen molar-refractivity contribution < 1.29 is 4.39 Å². The Balaban J connectivity index is 2.16. The van der Waals surface area contributed by atoms with Gasteiger partial charge in [-0.15, -0.1) is 0 Å². The molecule has 2 rings (SSSR count). The van der Waals surface area contributed by atoms with E-state index in [0.717, 1.165) is 19.4 Å². The lowest BCUT2D eigenvalue weighted by molar-refractivity contribution is 0.632. The Labute approximate surface area is 117 Å². The molecule has 0 spiro atoms. The van der Waals surface area contributed by atoms with Gasteiger partial charge in [0.15, 0.2) is 11.6 Å². The summed E-state index contributed by atoms with van der Waals surface area (Å²) in [6, 6.07) is 6.37. The second-order valence-corrected chi connectivity index (χ2v) is 4.37. The van der Waals surface area contributed by atoms with Gasteiger partial charge in [0, 0.05) is 6.54 Å². The van der Waals surface area contributed by atoms with Crippen molar-refractivity contribution in [3.63, 3.8) is 0 Å². The summed E-state index contributed by atoms with van der Waals surface area (Å²) in [7, 11) is 0. The molecule has 1 aromatic heterocycles. The maximum absolute atomic E-state index is 13.6. The van der Waals surface area contributed by atoms with Crippen molar-refractivity contribution in [3.8, 4) is 0 Å². The highest BCUT2D eigenvalue weighted by Crippen LogP contribution is 2.26. The summed E-state index contributed by atoms with van der Waals surface area (Å²) in [6.45, 7) is 2.90.